The van der Waals surface area contributed by atoms with Crippen molar-refractivity contribution in [3.05, 3.63) is 41.3 Å². The van der Waals surface area contributed by atoms with Gasteiger partial charge >= 0.3 is 6.18 Å². The van der Waals surface area contributed by atoms with Gasteiger partial charge < -0.3 is 5.32 Å². The summed E-state index contributed by atoms with van der Waals surface area (Å²) in [6.45, 7) is 1.43. The molecule has 3 aromatic heterocycles. The van der Waals surface area contributed by atoms with Gasteiger partial charge in [0.05, 0.1) is 34.7 Å². The molecule has 7 nitrogen and oxygen atoms in total. The number of rotatable bonds is 2. The summed E-state index contributed by atoms with van der Waals surface area (Å²) in [5.74, 6) is -0.171. The third-order valence-corrected chi connectivity index (χ3v) is 5.56. The zero-order valence-electron chi connectivity index (χ0n) is 15.9. The number of aromatic nitrogens is 5. The number of fused-ring (bicyclic) bond motifs is 5. The summed E-state index contributed by atoms with van der Waals surface area (Å²) < 4.78 is 40.7. The van der Waals surface area contributed by atoms with Crippen LogP contribution >= 0.6 is 0 Å². The molecule has 1 unspecified atom stereocenters. The fourth-order valence-corrected chi connectivity index (χ4v) is 4.38. The molecular formula is C20H17F3N6O. The molecule has 1 aliphatic carbocycles. The zero-order valence-corrected chi connectivity index (χ0v) is 15.9. The highest BCUT2D eigenvalue weighted by molar-refractivity contribution is 6.07. The molecule has 0 saturated heterocycles. The molecule has 4 aromatic rings. The third-order valence-electron chi connectivity index (χ3n) is 5.56. The van der Waals surface area contributed by atoms with Crippen molar-refractivity contribution in [2.75, 3.05) is 0 Å². The number of pyridine rings is 1. The van der Waals surface area contributed by atoms with Gasteiger partial charge in [-0.05, 0) is 42.5 Å². The number of alkyl halides is 3. The van der Waals surface area contributed by atoms with Crippen molar-refractivity contribution in [2.45, 2.75) is 38.4 Å². The number of H-pyrrole nitrogens is 2. The number of nitrogens with one attached hydrogen (secondary N) is 3. The van der Waals surface area contributed by atoms with Gasteiger partial charge in [-0.15, -0.1) is 0 Å². The van der Waals surface area contributed by atoms with E-state index in [2.05, 4.69) is 30.7 Å². The first-order valence-corrected chi connectivity index (χ1v) is 9.48. The highest BCUT2D eigenvalue weighted by Crippen LogP contribution is 2.41. The van der Waals surface area contributed by atoms with Crippen molar-refractivity contribution in [3.8, 4) is 11.3 Å². The van der Waals surface area contributed by atoms with E-state index in [4.69, 9.17) is 0 Å². The van der Waals surface area contributed by atoms with Crippen LogP contribution in [0.25, 0.3) is 33.1 Å². The molecule has 5 rings (SSSR count). The third kappa shape index (κ3) is 2.90. The first-order valence-electron chi connectivity index (χ1n) is 9.48. The van der Waals surface area contributed by atoms with Gasteiger partial charge in [0.15, 0.2) is 0 Å². The lowest BCUT2D eigenvalue weighted by Gasteiger charge is -2.28. The fraction of sp³-hybridized carbons (Fsp3) is 0.300. The van der Waals surface area contributed by atoms with Gasteiger partial charge in [-0.3, -0.25) is 15.0 Å². The minimum absolute atomic E-state index is 0.0867. The van der Waals surface area contributed by atoms with E-state index in [1.165, 1.54) is 6.92 Å². The molecule has 1 atom stereocenters. The molecular weight excluding hydrogens is 397 g/mol. The SMILES string of the molecule is CC(=O)NC1CCc2c(c(-c3cn[nH]c3C(F)(F)F)nc3ccc4[nH]ncc4c23)C1. The predicted molar refractivity (Wildman–Crippen MR) is 104 cm³/mol. The molecule has 0 aliphatic heterocycles. The number of hydrogen-bond acceptors (Lipinski definition) is 4. The summed E-state index contributed by atoms with van der Waals surface area (Å²) in [4.78, 5) is 16.2. The Bertz CT molecular complexity index is 1290. The Balaban J connectivity index is 1.80. The van der Waals surface area contributed by atoms with Crippen molar-refractivity contribution in [2.24, 2.45) is 0 Å². The summed E-state index contributed by atoms with van der Waals surface area (Å²) in [6, 6.07) is 3.43. The number of nitrogens with zero attached hydrogens (tertiary/aromatic N) is 3. The fourth-order valence-electron chi connectivity index (χ4n) is 4.38. The van der Waals surface area contributed by atoms with E-state index in [1.54, 1.807) is 12.3 Å². The maximum absolute atomic E-state index is 13.6. The van der Waals surface area contributed by atoms with Gasteiger partial charge in [-0.2, -0.15) is 23.4 Å². The predicted octanol–water partition coefficient (Wildman–Crippen LogP) is 3.51. The summed E-state index contributed by atoms with van der Waals surface area (Å²) in [7, 11) is 0. The van der Waals surface area contributed by atoms with Crippen LogP contribution in [0.5, 0.6) is 0 Å². The van der Waals surface area contributed by atoms with Gasteiger partial charge in [0.2, 0.25) is 5.91 Å². The van der Waals surface area contributed by atoms with Crippen LogP contribution in [-0.2, 0) is 23.8 Å². The Morgan fingerprint density at radius 3 is 2.73 bits per heavy atom. The van der Waals surface area contributed by atoms with Crippen LogP contribution < -0.4 is 5.32 Å². The number of aryl methyl sites for hydroxylation is 1. The Morgan fingerprint density at radius 1 is 1.17 bits per heavy atom. The molecule has 0 radical (unpaired) electrons. The average Bonchev–Trinajstić information content (AvgIpc) is 3.35. The summed E-state index contributed by atoms with van der Waals surface area (Å²) in [6.07, 6.45) is -0.0278. The smallest absolute Gasteiger partial charge is 0.353 e. The molecule has 1 amide bonds. The second-order valence-corrected chi connectivity index (χ2v) is 7.51. The topological polar surface area (TPSA) is 99.4 Å². The first-order chi connectivity index (χ1) is 14.3. The van der Waals surface area contributed by atoms with Gasteiger partial charge in [0.25, 0.3) is 0 Å². The first kappa shape index (κ1) is 18.6. The van der Waals surface area contributed by atoms with Crippen LogP contribution in [0.3, 0.4) is 0 Å². The lowest BCUT2D eigenvalue weighted by Crippen LogP contribution is -2.37. The van der Waals surface area contributed by atoms with Gasteiger partial charge in [0.1, 0.15) is 5.69 Å². The van der Waals surface area contributed by atoms with E-state index in [9.17, 15) is 18.0 Å². The molecule has 3 N–H and O–H groups in total. The minimum Gasteiger partial charge on any atom is -0.353 e. The maximum Gasteiger partial charge on any atom is 0.433 e. The largest absolute Gasteiger partial charge is 0.433 e. The summed E-state index contributed by atoms with van der Waals surface area (Å²) in [5.41, 5.74) is 2.31. The van der Waals surface area contributed by atoms with Gasteiger partial charge in [0, 0.05) is 23.7 Å². The van der Waals surface area contributed by atoms with Gasteiger partial charge in [-0.1, -0.05) is 0 Å². The van der Waals surface area contributed by atoms with Crippen LogP contribution in [0.4, 0.5) is 13.2 Å². The number of halogens is 3. The summed E-state index contributed by atoms with van der Waals surface area (Å²) in [5, 5.41) is 17.4. The van der Waals surface area contributed by atoms with Crippen molar-refractivity contribution in [3.63, 3.8) is 0 Å². The molecule has 10 heteroatoms. The molecule has 154 valence electrons. The van der Waals surface area contributed by atoms with E-state index in [0.29, 0.717) is 30.3 Å². The van der Waals surface area contributed by atoms with Gasteiger partial charge in [-0.25, -0.2) is 4.98 Å². The number of carbonyl (C=O) groups is 1. The number of amides is 1. The molecule has 1 aliphatic rings. The number of aromatic amines is 2. The second kappa shape index (κ2) is 6.54. The quantitative estimate of drug-likeness (QED) is 0.467. The van der Waals surface area contributed by atoms with E-state index >= 15 is 0 Å². The van der Waals surface area contributed by atoms with Crippen molar-refractivity contribution in [1.29, 1.82) is 0 Å². The summed E-state index contributed by atoms with van der Waals surface area (Å²) >= 11 is 0. The molecule has 0 bridgehead atoms. The van der Waals surface area contributed by atoms with Crippen LogP contribution in [0.1, 0.15) is 30.2 Å². The lowest BCUT2D eigenvalue weighted by atomic mass is 9.83. The minimum atomic E-state index is -4.59. The lowest BCUT2D eigenvalue weighted by molar-refractivity contribution is -0.140. The highest BCUT2D eigenvalue weighted by atomic mass is 19.4. The molecule has 3 heterocycles. The number of hydrogen-bond donors (Lipinski definition) is 3. The standard InChI is InChI=1S/C20H17F3N6O/c1-9(30)26-10-2-3-11-12(6-10)18(14-8-25-29-19(14)20(21,22)23)27-16-5-4-15-13(17(11)16)7-24-28-15/h4-5,7-8,10H,2-3,6H2,1H3,(H,24,28)(H,25,29)(H,26,30). The normalized spacial score (nSPS) is 16.7. The molecule has 30 heavy (non-hydrogen) atoms. The Hall–Kier alpha value is -3.43. The van der Waals surface area contributed by atoms with E-state index in [-0.39, 0.29) is 23.2 Å². The maximum atomic E-state index is 13.6. The van der Waals surface area contributed by atoms with E-state index in [0.717, 1.165) is 28.0 Å². The van der Waals surface area contributed by atoms with E-state index in [1.807, 2.05) is 6.07 Å². The van der Waals surface area contributed by atoms with Crippen molar-refractivity contribution < 1.29 is 18.0 Å². The Morgan fingerprint density at radius 2 is 1.97 bits per heavy atom. The molecule has 0 saturated carbocycles. The highest BCUT2D eigenvalue weighted by Gasteiger charge is 2.38. The van der Waals surface area contributed by atoms with Crippen molar-refractivity contribution in [1.82, 2.24) is 30.7 Å². The van der Waals surface area contributed by atoms with E-state index < -0.39 is 11.9 Å². The average molecular weight is 414 g/mol. The Labute approximate surface area is 168 Å². The number of carbonyl (C=O) groups excluding carboxylic acids is 1. The zero-order chi connectivity index (χ0) is 21.0. The van der Waals surface area contributed by atoms with Crippen LogP contribution in [0.2, 0.25) is 0 Å². The molecule has 0 spiro atoms. The Kier molecular flexibility index (Phi) is 4.05. The van der Waals surface area contributed by atoms with Crippen molar-refractivity contribution >= 4 is 27.7 Å². The number of benzene rings is 1. The monoisotopic (exact) mass is 414 g/mol. The van der Waals surface area contributed by atoms with Crippen LogP contribution in [0, 0.1) is 0 Å². The second-order valence-electron chi connectivity index (χ2n) is 7.51. The molecule has 0 fully saturated rings. The van der Waals surface area contributed by atoms with Crippen LogP contribution in [-0.4, -0.2) is 37.3 Å². The van der Waals surface area contributed by atoms with Crippen LogP contribution in [0.15, 0.2) is 24.5 Å². The molecule has 1 aromatic carbocycles.